The summed E-state index contributed by atoms with van der Waals surface area (Å²) in [4.78, 5) is 32.2. The SMILES string of the molecule is CCC(=O)Nc1nc(C)nc(-c2ccccc2)c1C(C)=O. The zero-order valence-corrected chi connectivity index (χ0v) is 12.3. The van der Waals surface area contributed by atoms with E-state index in [-0.39, 0.29) is 17.5 Å². The number of carbonyl (C=O) groups is 2. The number of hydrogen-bond donors (Lipinski definition) is 1. The van der Waals surface area contributed by atoms with Crippen molar-refractivity contribution in [2.75, 3.05) is 5.32 Å². The highest BCUT2D eigenvalue weighted by atomic mass is 16.1. The molecule has 2 rings (SSSR count). The van der Waals surface area contributed by atoms with Gasteiger partial charge in [-0.3, -0.25) is 9.59 Å². The molecule has 0 aliphatic rings. The lowest BCUT2D eigenvalue weighted by molar-refractivity contribution is -0.115. The Hall–Kier alpha value is -2.56. The van der Waals surface area contributed by atoms with Crippen molar-refractivity contribution >= 4 is 17.5 Å². The number of benzene rings is 1. The van der Waals surface area contributed by atoms with Gasteiger partial charge in [-0.25, -0.2) is 9.97 Å². The standard InChI is InChI=1S/C16H17N3O2/c1-4-13(21)19-16-14(10(2)20)15(17-11(3)18-16)12-8-6-5-7-9-12/h5-9H,4H2,1-3H3,(H,17,18,19,21). The van der Waals surface area contributed by atoms with Crippen LogP contribution in [0.15, 0.2) is 30.3 Å². The lowest BCUT2D eigenvalue weighted by Crippen LogP contribution is -2.16. The molecule has 1 aromatic heterocycles. The second-order valence-corrected chi connectivity index (χ2v) is 4.67. The highest BCUT2D eigenvalue weighted by Crippen LogP contribution is 2.27. The molecule has 0 saturated heterocycles. The summed E-state index contributed by atoms with van der Waals surface area (Å²) in [6.45, 7) is 4.93. The van der Waals surface area contributed by atoms with Crippen molar-refractivity contribution in [2.45, 2.75) is 27.2 Å². The number of nitrogens with one attached hydrogen (secondary N) is 1. The molecule has 1 amide bonds. The molecule has 0 unspecified atom stereocenters. The fourth-order valence-electron chi connectivity index (χ4n) is 2.02. The predicted octanol–water partition coefficient (Wildman–Crippen LogP) is 3.00. The Kier molecular flexibility index (Phi) is 4.42. The molecule has 21 heavy (non-hydrogen) atoms. The molecule has 0 atom stereocenters. The molecule has 0 saturated carbocycles. The molecule has 5 heteroatoms. The van der Waals surface area contributed by atoms with E-state index < -0.39 is 0 Å². The molecular formula is C16H17N3O2. The maximum Gasteiger partial charge on any atom is 0.225 e. The number of amides is 1. The number of nitrogens with zero attached hydrogens (tertiary/aromatic N) is 2. The van der Waals surface area contributed by atoms with Crippen molar-refractivity contribution in [2.24, 2.45) is 0 Å². The Labute approximate surface area is 123 Å². The number of rotatable bonds is 4. The van der Waals surface area contributed by atoms with E-state index in [2.05, 4.69) is 15.3 Å². The van der Waals surface area contributed by atoms with Crippen LogP contribution >= 0.6 is 0 Å². The third-order valence-corrected chi connectivity index (χ3v) is 3.00. The molecule has 1 N–H and O–H groups in total. The molecule has 0 fully saturated rings. The molecular weight excluding hydrogens is 266 g/mol. The van der Waals surface area contributed by atoms with Crippen LogP contribution in [0.5, 0.6) is 0 Å². The lowest BCUT2D eigenvalue weighted by Gasteiger charge is -2.13. The number of carbonyl (C=O) groups excluding carboxylic acids is 2. The van der Waals surface area contributed by atoms with Gasteiger partial charge in [0.1, 0.15) is 11.6 Å². The smallest absolute Gasteiger partial charge is 0.225 e. The van der Waals surface area contributed by atoms with Gasteiger partial charge in [-0.1, -0.05) is 37.3 Å². The molecule has 0 aliphatic heterocycles. The number of Topliss-reactive ketones (excluding diaryl/α,β-unsaturated/α-hetero) is 1. The van der Waals surface area contributed by atoms with Crippen LogP contribution in [0.2, 0.25) is 0 Å². The predicted molar refractivity (Wildman–Crippen MR) is 81.1 cm³/mol. The van der Waals surface area contributed by atoms with Crippen LogP contribution in [0.3, 0.4) is 0 Å². The van der Waals surface area contributed by atoms with Crippen LogP contribution in [-0.2, 0) is 4.79 Å². The van der Waals surface area contributed by atoms with Gasteiger partial charge in [-0.15, -0.1) is 0 Å². The van der Waals surface area contributed by atoms with Crippen molar-refractivity contribution in [1.29, 1.82) is 0 Å². The third kappa shape index (κ3) is 3.31. The number of aryl methyl sites for hydroxylation is 1. The van der Waals surface area contributed by atoms with Gasteiger partial charge in [0.2, 0.25) is 5.91 Å². The number of ketones is 1. The normalized spacial score (nSPS) is 10.2. The van der Waals surface area contributed by atoms with Crippen LogP contribution in [0.25, 0.3) is 11.3 Å². The topological polar surface area (TPSA) is 72.0 Å². The van der Waals surface area contributed by atoms with Crippen molar-refractivity contribution in [3.05, 3.63) is 41.7 Å². The third-order valence-electron chi connectivity index (χ3n) is 3.00. The number of hydrogen-bond acceptors (Lipinski definition) is 4. The molecule has 0 bridgehead atoms. The van der Waals surface area contributed by atoms with Gasteiger partial charge >= 0.3 is 0 Å². The Bertz CT molecular complexity index is 681. The summed E-state index contributed by atoms with van der Waals surface area (Å²) in [7, 11) is 0. The molecule has 108 valence electrons. The van der Waals surface area contributed by atoms with Gasteiger partial charge in [0, 0.05) is 12.0 Å². The fraction of sp³-hybridized carbons (Fsp3) is 0.250. The van der Waals surface area contributed by atoms with Crippen LogP contribution in [0, 0.1) is 6.92 Å². The zero-order valence-electron chi connectivity index (χ0n) is 12.3. The van der Waals surface area contributed by atoms with E-state index in [0.29, 0.717) is 23.5 Å². The summed E-state index contributed by atoms with van der Waals surface area (Å²) >= 11 is 0. The van der Waals surface area contributed by atoms with E-state index in [0.717, 1.165) is 5.56 Å². The van der Waals surface area contributed by atoms with Crippen LogP contribution < -0.4 is 5.32 Å². The Morgan fingerprint density at radius 2 is 1.81 bits per heavy atom. The maximum atomic E-state index is 12.0. The van der Waals surface area contributed by atoms with Gasteiger partial charge in [0.15, 0.2) is 5.78 Å². The van der Waals surface area contributed by atoms with Crippen molar-refractivity contribution < 1.29 is 9.59 Å². The first-order valence-corrected chi connectivity index (χ1v) is 6.77. The van der Waals surface area contributed by atoms with E-state index >= 15 is 0 Å². The number of aromatic nitrogens is 2. The molecule has 0 radical (unpaired) electrons. The molecule has 1 heterocycles. The van der Waals surface area contributed by atoms with E-state index in [1.54, 1.807) is 13.8 Å². The first kappa shape index (κ1) is 14.8. The van der Waals surface area contributed by atoms with Crippen LogP contribution in [0.4, 0.5) is 5.82 Å². The second kappa shape index (κ2) is 6.26. The number of anilines is 1. The van der Waals surface area contributed by atoms with Crippen LogP contribution in [-0.4, -0.2) is 21.7 Å². The van der Waals surface area contributed by atoms with Gasteiger partial charge in [-0.2, -0.15) is 0 Å². The second-order valence-electron chi connectivity index (χ2n) is 4.67. The molecule has 1 aromatic carbocycles. The first-order chi connectivity index (χ1) is 10.0. The van der Waals surface area contributed by atoms with Gasteiger partial charge in [0.05, 0.1) is 11.3 Å². The maximum absolute atomic E-state index is 12.0. The average Bonchev–Trinajstić information content (AvgIpc) is 2.47. The Morgan fingerprint density at radius 3 is 2.38 bits per heavy atom. The first-order valence-electron chi connectivity index (χ1n) is 6.77. The van der Waals surface area contributed by atoms with Crippen LogP contribution in [0.1, 0.15) is 36.5 Å². The van der Waals surface area contributed by atoms with E-state index in [1.807, 2.05) is 30.3 Å². The minimum absolute atomic E-state index is 0.180. The quantitative estimate of drug-likeness (QED) is 0.875. The molecule has 0 aliphatic carbocycles. The Morgan fingerprint density at radius 1 is 1.14 bits per heavy atom. The van der Waals surface area contributed by atoms with E-state index in [1.165, 1.54) is 6.92 Å². The minimum Gasteiger partial charge on any atom is -0.310 e. The summed E-state index contributed by atoms with van der Waals surface area (Å²) < 4.78 is 0. The van der Waals surface area contributed by atoms with Gasteiger partial charge in [0.25, 0.3) is 0 Å². The minimum atomic E-state index is -0.186. The summed E-state index contributed by atoms with van der Waals surface area (Å²) in [5.41, 5.74) is 1.70. The van der Waals surface area contributed by atoms with E-state index in [4.69, 9.17) is 0 Å². The van der Waals surface area contributed by atoms with Crippen molar-refractivity contribution in [1.82, 2.24) is 9.97 Å². The monoisotopic (exact) mass is 283 g/mol. The van der Waals surface area contributed by atoms with Crippen molar-refractivity contribution in [3.63, 3.8) is 0 Å². The lowest BCUT2D eigenvalue weighted by atomic mass is 10.0. The fourth-order valence-corrected chi connectivity index (χ4v) is 2.02. The van der Waals surface area contributed by atoms with E-state index in [9.17, 15) is 9.59 Å². The summed E-state index contributed by atoms with van der Waals surface area (Å²) in [6, 6.07) is 9.39. The van der Waals surface area contributed by atoms with Crippen molar-refractivity contribution in [3.8, 4) is 11.3 Å². The highest BCUT2D eigenvalue weighted by Gasteiger charge is 2.19. The summed E-state index contributed by atoms with van der Waals surface area (Å²) in [6.07, 6.45) is 0.321. The van der Waals surface area contributed by atoms with Gasteiger partial charge in [-0.05, 0) is 13.8 Å². The van der Waals surface area contributed by atoms with Gasteiger partial charge < -0.3 is 5.32 Å². The average molecular weight is 283 g/mol. The Balaban J connectivity index is 2.64. The highest BCUT2D eigenvalue weighted by molar-refractivity contribution is 6.06. The summed E-state index contributed by atoms with van der Waals surface area (Å²) in [5.74, 6) is 0.417. The molecule has 2 aromatic rings. The summed E-state index contributed by atoms with van der Waals surface area (Å²) in [5, 5.41) is 2.68. The zero-order chi connectivity index (χ0) is 15.4. The largest absolute Gasteiger partial charge is 0.310 e. The molecule has 0 spiro atoms. The molecule has 5 nitrogen and oxygen atoms in total.